The van der Waals surface area contributed by atoms with Crippen LogP contribution in [0.2, 0.25) is 0 Å². The molecule has 0 aromatic heterocycles. The lowest BCUT2D eigenvalue weighted by atomic mass is 10.1. The van der Waals surface area contributed by atoms with Crippen LogP contribution in [0.5, 0.6) is 0 Å². The van der Waals surface area contributed by atoms with E-state index in [0.717, 1.165) is 0 Å². The second-order valence-corrected chi connectivity index (χ2v) is 4.29. The van der Waals surface area contributed by atoms with Crippen molar-refractivity contribution in [3.8, 4) is 0 Å². The zero-order valence-electron chi connectivity index (χ0n) is 9.93. The van der Waals surface area contributed by atoms with Crippen LogP contribution in [0.25, 0.3) is 0 Å². The fourth-order valence-electron chi connectivity index (χ4n) is 1.89. The molecule has 0 radical (unpaired) electrons. The van der Waals surface area contributed by atoms with Gasteiger partial charge in [-0.25, -0.2) is 4.79 Å². The predicted octanol–water partition coefficient (Wildman–Crippen LogP) is -0.764. The van der Waals surface area contributed by atoms with E-state index in [1.54, 1.807) is 0 Å². The van der Waals surface area contributed by atoms with E-state index in [-0.39, 0.29) is 5.56 Å². The van der Waals surface area contributed by atoms with Crippen molar-refractivity contribution in [2.45, 2.75) is 24.5 Å². The van der Waals surface area contributed by atoms with Crippen molar-refractivity contribution >= 4 is 11.7 Å². The zero-order chi connectivity index (χ0) is 14.0. The maximum atomic E-state index is 10.7. The number of aliphatic hydroxyl groups excluding tert-OH is 3. The minimum atomic E-state index is -1.17. The van der Waals surface area contributed by atoms with Crippen LogP contribution in [0.1, 0.15) is 10.4 Å². The molecule has 1 fully saturated rings. The lowest BCUT2D eigenvalue weighted by Crippen LogP contribution is -2.36. The number of ether oxygens (including phenoxy) is 1. The number of nitrogens with one attached hydrogen (secondary N) is 1. The Morgan fingerprint density at radius 3 is 2.32 bits per heavy atom. The Hall–Kier alpha value is -1.67. The van der Waals surface area contributed by atoms with Crippen LogP contribution in [0.15, 0.2) is 24.3 Å². The lowest BCUT2D eigenvalue weighted by molar-refractivity contribution is -0.0153. The number of carbonyl (C=O) groups is 1. The molecule has 4 atom stereocenters. The third kappa shape index (κ3) is 2.85. The summed E-state index contributed by atoms with van der Waals surface area (Å²) in [6, 6.07) is 5.87. The van der Waals surface area contributed by atoms with Gasteiger partial charge in [-0.1, -0.05) is 0 Å². The minimum Gasteiger partial charge on any atom is -0.478 e. The molecule has 1 aliphatic rings. The smallest absolute Gasteiger partial charge is 0.335 e. The molecule has 5 N–H and O–H groups in total. The van der Waals surface area contributed by atoms with E-state index in [4.69, 9.17) is 14.9 Å². The van der Waals surface area contributed by atoms with Gasteiger partial charge >= 0.3 is 5.97 Å². The monoisotopic (exact) mass is 269 g/mol. The summed E-state index contributed by atoms with van der Waals surface area (Å²) in [5.41, 5.74) is 0.687. The minimum absolute atomic E-state index is 0.145. The van der Waals surface area contributed by atoms with Gasteiger partial charge in [0.2, 0.25) is 0 Å². The zero-order valence-corrected chi connectivity index (χ0v) is 9.93. The summed E-state index contributed by atoms with van der Waals surface area (Å²) in [6.07, 6.45) is -4.04. The predicted molar refractivity (Wildman–Crippen MR) is 64.8 cm³/mol. The highest BCUT2D eigenvalue weighted by atomic mass is 16.6. The van der Waals surface area contributed by atoms with Crippen molar-refractivity contribution in [2.75, 3.05) is 11.9 Å². The van der Waals surface area contributed by atoms with Crippen LogP contribution in [-0.2, 0) is 4.74 Å². The number of carboxylic acids is 1. The summed E-state index contributed by atoms with van der Waals surface area (Å²) >= 11 is 0. The van der Waals surface area contributed by atoms with Crippen LogP contribution < -0.4 is 5.32 Å². The molecule has 2 rings (SSSR count). The van der Waals surface area contributed by atoms with E-state index in [1.807, 2.05) is 0 Å². The molecule has 1 aliphatic heterocycles. The van der Waals surface area contributed by atoms with Crippen molar-refractivity contribution < 1.29 is 30.0 Å². The van der Waals surface area contributed by atoms with Crippen molar-refractivity contribution in [2.24, 2.45) is 0 Å². The number of rotatable bonds is 4. The van der Waals surface area contributed by atoms with Gasteiger partial charge in [0.05, 0.1) is 12.2 Å². The standard InChI is InChI=1S/C12H15NO6/c14-5-8-9(15)10(16)11(19-8)13-7-3-1-6(2-4-7)12(17)18/h1-4,8-11,13-16H,5H2,(H,17,18)/t8-,9+,10-,11+/m1/s1. The van der Waals surface area contributed by atoms with E-state index in [0.29, 0.717) is 5.69 Å². The molecule has 1 saturated heterocycles. The summed E-state index contributed by atoms with van der Waals surface area (Å²) in [4.78, 5) is 10.7. The number of carboxylic acid groups (broad SMARTS) is 1. The molecule has 0 aliphatic carbocycles. The van der Waals surface area contributed by atoms with Gasteiger partial charge in [0.1, 0.15) is 18.3 Å². The third-order valence-electron chi connectivity index (χ3n) is 2.98. The van der Waals surface area contributed by atoms with Crippen molar-refractivity contribution in [3.63, 3.8) is 0 Å². The summed E-state index contributed by atoms with van der Waals surface area (Å²) < 4.78 is 5.24. The molecule has 0 bridgehead atoms. The molecule has 1 aromatic carbocycles. The van der Waals surface area contributed by atoms with E-state index in [2.05, 4.69) is 5.32 Å². The fourth-order valence-corrected chi connectivity index (χ4v) is 1.89. The Balaban J connectivity index is 2.03. The van der Waals surface area contributed by atoms with Gasteiger partial charge in [0.25, 0.3) is 0 Å². The first-order chi connectivity index (χ1) is 9.02. The SMILES string of the molecule is O=C(O)c1ccc(N[C@H]2O[C@H](CO)[C@H](O)[C@H]2O)cc1. The van der Waals surface area contributed by atoms with Gasteiger partial charge in [-0.15, -0.1) is 0 Å². The first kappa shape index (κ1) is 13.8. The molecule has 0 saturated carbocycles. The molecule has 1 heterocycles. The summed E-state index contributed by atoms with van der Waals surface area (Å²) in [5.74, 6) is -1.03. The van der Waals surface area contributed by atoms with E-state index < -0.39 is 37.1 Å². The molecule has 1 aromatic rings. The Morgan fingerprint density at radius 1 is 1.21 bits per heavy atom. The number of hydrogen-bond donors (Lipinski definition) is 5. The van der Waals surface area contributed by atoms with E-state index in [1.165, 1.54) is 24.3 Å². The van der Waals surface area contributed by atoms with Crippen molar-refractivity contribution in [1.29, 1.82) is 0 Å². The molecule has 7 heteroatoms. The number of anilines is 1. The van der Waals surface area contributed by atoms with Gasteiger partial charge < -0.3 is 30.5 Å². The van der Waals surface area contributed by atoms with E-state index in [9.17, 15) is 15.0 Å². The summed E-state index contributed by atoms with van der Waals surface area (Å²) in [6.45, 7) is -0.394. The van der Waals surface area contributed by atoms with Gasteiger partial charge in [-0.2, -0.15) is 0 Å². The molecule has 19 heavy (non-hydrogen) atoms. The number of aromatic carboxylic acids is 1. The topological polar surface area (TPSA) is 119 Å². The third-order valence-corrected chi connectivity index (χ3v) is 2.98. The molecular formula is C12H15NO6. The van der Waals surface area contributed by atoms with Gasteiger partial charge in [-0.05, 0) is 24.3 Å². The fraction of sp³-hybridized carbons (Fsp3) is 0.417. The lowest BCUT2D eigenvalue weighted by Gasteiger charge is -2.17. The van der Waals surface area contributed by atoms with Crippen LogP contribution in [0.4, 0.5) is 5.69 Å². The number of benzene rings is 1. The van der Waals surface area contributed by atoms with E-state index >= 15 is 0 Å². The highest BCUT2D eigenvalue weighted by Crippen LogP contribution is 2.23. The Labute approximate surface area is 109 Å². The van der Waals surface area contributed by atoms with Crippen LogP contribution >= 0.6 is 0 Å². The first-order valence-electron chi connectivity index (χ1n) is 5.75. The molecule has 0 spiro atoms. The Kier molecular flexibility index (Phi) is 4.01. The highest BCUT2D eigenvalue weighted by molar-refractivity contribution is 5.87. The normalized spacial score (nSPS) is 30.3. The van der Waals surface area contributed by atoms with Crippen molar-refractivity contribution in [3.05, 3.63) is 29.8 Å². The molecular weight excluding hydrogens is 254 g/mol. The van der Waals surface area contributed by atoms with Crippen LogP contribution in [0.3, 0.4) is 0 Å². The first-order valence-corrected chi connectivity index (χ1v) is 5.75. The second kappa shape index (κ2) is 5.54. The van der Waals surface area contributed by atoms with Gasteiger partial charge in [-0.3, -0.25) is 0 Å². The highest BCUT2D eigenvalue weighted by Gasteiger charge is 2.42. The summed E-state index contributed by atoms with van der Waals surface area (Å²) in [7, 11) is 0. The van der Waals surface area contributed by atoms with Gasteiger partial charge in [0, 0.05) is 5.69 Å². The molecule has 104 valence electrons. The maximum Gasteiger partial charge on any atom is 0.335 e. The Bertz CT molecular complexity index is 448. The second-order valence-electron chi connectivity index (χ2n) is 4.29. The van der Waals surface area contributed by atoms with Crippen molar-refractivity contribution in [1.82, 2.24) is 0 Å². The molecule has 0 unspecified atom stereocenters. The number of aliphatic hydroxyl groups is 3. The quantitative estimate of drug-likeness (QED) is 0.487. The molecule has 0 amide bonds. The van der Waals surface area contributed by atoms with Crippen LogP contribution in [-0.4, -0.2) is 57.5 Å². The van der Waals surface area contributed by atoms with Gasteiger partial charge in [0.15, 0.2) is 6.23 Å². The largest absolute Gasteiger partial charge is 0.478 e. The molecule has 7 nitrogen and oxygen atoms in total. The number of hydrogen-bond acceptors (Lipinski definition) is 6. The Morgan fingerprint density at radius 2 is 1.84 bits per heavy atom. The summed E-state index contributed by atoms with van der Waals surface area (Å²) in [5, 5.41) is 39.8. The average molecular weight is 269 g/mol. The maximum absolute atomic E-state index is 10.7. The average Bonchev–Trinajstić information content (AvgIpc) is 2.67. The van der Waals surface area contributed by atoms with Crippen LogP contribution in [0, 0.1) is 0 Å².